The maximum absolute atomic E-state index is 12.9. The maximum atomic E-state index is 12.9. The number of hydrogen-bond donors (Lipinski definition) is 1. The molecule has 130 valence electrons. The molecule has 3 aromatic rings. The number of rotatable bonds is 5. The third-order valence-electron chi connectivity index (χ3n) is 3.83. The van der Waals surface area contributed by atoms with Crippen LogP contribution < -0.4 is 11.4 Å². The summed E-state index contributed by atoms with van der Waals surface area (Å²) in [6, 6.07) is 13.2. The van der Waals surface area contributed by atoms with Gasteiger partial charge in [0.15, 0.2) is 0 Å². The van der Waals surface area contributed by atoms with Gasteiger partial charge in [-0.2, -0.15) is 4.31 Å². The zero-order valence-corrected chi connectivity index (χ0v) is 14.2. The predicted molar refractivity (Wildman–Crippen MR) is 92.8 cm³/mol. The Kier molecular flexibility index (Phi) is 4.56. The van der Waals surface area contributed by atoms with E-state index in [4.69, 9.17) is 0 Å². The van der Waals surface area contributed by atoms with E-state index in [0.29, 0.717) is 0 Å². The fraction of sp³-hybridized carbons (Fsp3) is 0.176. The number of aromatic nitrogens is 1. The van der Waals surface area contributed by atoms with E-state index in [2.05, 4.69) is 9.40 Å². The van der Waals surface area contributed by atoms with Crippen LogP contribution in [0.4, 0.5) is 0 Å². The van der Waals surface area contributed by atoms with Crippen LogP contribution in [0.1, 0.15) is 12.5 Å². The molecule has 0 radical (unpaired) electrons. The Morgan fingerprint density at radius 1 is 1.08 bits per heavy atom. The van der Waals surface area contributed by atoms with Crippen molar-refractivity contribution in [2.75, 3.05) is 6.54 Å². The van der Waals surface area contributed by atoms with Crippen molar-refractivity contribution in [1.29, 1.82) is 0 Å². The molecular weight excluding hydrogens is 344 g/mol. The summed E-state index contributed by atoms with van der Waals surface area (Å²) in [5, 5.41) is 0.0106. The van der Waals surface area contributed by atoms with Gasteiger partial charge in [0, 0.05) is 13.1 Å². The zero-order chi connectivity index (χ0) is 18.0. The minimum atomic E-state index is -3.81. The van der Waals surface area contributed by atoms with Crippen LogP contribution in [0.3, 0.4) is 0 Å². The Morgan fingerprint density at radius 2 is 1.80 bits per heavy atom. The molecule has 1 heterocycles. The SMILES string of the molecule is CCN(Cc1ccccc1)S(=O)(=O)c1ccc2[nH]c(=O)oc(=O)c2c1. The summed E-state index contributed by atoms with van der Waals surface area (Å²) in [5.74, 6) is -0.882. The number of benzene rings is 2. The first-order valence-corrected chi connectivity index (χ1v) is 9.07. The molecule has 0 bridgehead atoms. The lowest BCUT2D eigenvalue weighted by atomic mass is 10.2. The molecule has 0 unspecified atom stereocenters. The van der Waals surface area contributed by atoms with Crippen LogP contribution in [0.2, 0.25) is 0 Å². The Labute approximate surface area is 143 Å². The van der Waals surface area contributed by atoms with Crippen LogP contribution in [-0.2, 0) is 16.6 Å². The van der Waals surface area contributed by atoms with Gasteiger partial charge in [-0.05, 0) is 23.8 Å². The van der Waals surface area contributed by atoms with E-state index < -0.39 is 21.4 Å². The summed E-state index contributed by atoms with van der Waals surface area (Å²) < 4.78 is 31.6. The van der Waals surface area contributed by atoms with Crippen molar-refractivity contribution in [1.82, 2.24) is 9.29 Å². The molecule has 0 aliphatic heterocycles. The average molecular weight is 360 g/mol. The normalized spacial score (nSPS) is 11.9. The van der Waals surface area contributed by atoms with Crippen molar-refractivity contribution in [3.63, 3.8) is 0 Å². The summed E-state index contributed by atoms with van der Waals surface area (Å²) in [4.78, 5) is 25.3. The molecule has 0 amide bonds. The van der Waals surface area contributed by atoms with Crippen LogP contribution in [0.25, 0.3) is 10.9 Å². The predicted octanol–water partition coefficient (Wildman–Crippen LogP) is 1.69. The largest absolute Gasteiger partial charge is 0.419 e. The van der Waals surface area contributed by atoms with E-state index in [-0.39, 0.29) is 28.9 Å². The van der Waals surface area contributed by atoms with Gasteiger partial charge in [-0.25, -0.2) is 18.0 Å². The third kappa shape index (κ3) is 3.40. The molecule has 0 aliphatic rings. The molecule has 1 N–H and O–H groups in total. The lowest BCUT2D eigenvalue weighted by molar-refractivity contribution is 0.423. The Morgan fingerprint density at radius 3 is 2.48 bits per heavy atom. The molecule has 0 fully saturated rings. The Hall–Kier alpha value is -2.71. The molecule has 0 atom stereocenters. The molecule has 3 rings (SSSR count). The first-order valence-electron chi connectivity index (χ1n) is 7.63. The second-order valence-electron chi connectivity index (χ2n) is 5.43. The van der Waals surface area contributed by atoms with Crippen LogP contribution in [-0.4, -0.2) is 24.3 Å². The van der Waals surface area contributed by atoms with Gasteiger partial charge in [-0.3, -0.25) is 4.98 Å². The van der Waals surface area contributed by atoms with Gasteiger partial charge in [-0.1, -0.05) is 37.3 Å². The van der Waals surface area contributed by atoms with Gasteiger partial charge in [0.05, 0.1) is 15.8 Å². The van der Waals surface area contributed by atoms with Crippen molar-refractivity contribution in [3.05, 3.63) is 75.1 Å². The van der Waals surface area contributed by atoms with Crippen molar-refractivity contribution < 1.29 is 12.8 Å². The number of nitrogens with one attached hydrogen (secondary N) is 1. The first kappa shape index (κ1) is 17.1. The number of H-pyrrole nitrogens is 1. The lowest BCUT2D eigenvalue weighted by Crippen LogP contribution is -2.30. The minimum absolute atomic E-state index is 0.0106. The van der Waals surface area contributed by atoms with Crippen molar-refractivity contribution in [3.8, 4) is 0 Å². The van der Waals surface area contributed by atoms with Gasteiger partial charge in [0.1, 0.15) is 0 Å². The zero-order valence-electron chi connectivity index (χ0n) is 13.4. The lowest BCUT2D eigenvalue weighted by Gasteiger charge is -2.20. The molecule has 0 saturated heterocycles. The number of aromatic amines is 1. The second-order valence-corrected chi connectivity index (χ2v) is 7.36. The van der Waals surface area contributed by atoms with Gasteiger partial charge >= 0.3 is 11.4 Å². The summed E-state index contributed by atoms with van der Waals surface area (Å²) in [6.07, 6.45) is 0. The van der Waals surface area contributed by atoms with E-state index in [0.717, 1.165) is 5.56 Å². The van der Waals surface area contributed by atoms with Crippen LogP contribution in [0, 0.1) is 0 Å². The molecule has 1 aromatic heterocycles. The minimum Gasteiger partial charge on any atom is -0.372 e. The standard InChI is InChI=1S/C17H16N2O5S/c1-2-19(11-12-6-4-3-5-7-12)25(22,23)13-8-9-15-14(10-13)16(20)24-17(21)18-15/h3-10H,2,11H2,1H3,(H,18,21). The topological polar surface area (TPSA) is 100 Å². The van der Waals surface area contributed by atoms with E-state index in [1.54, 1.807) is 6.92 Å². The molecule has 7 nitrogen and oxygen atoms in total. The summed E-state index contributed by atoms with van der Waals surface area (Å²) in [7, 11) is -3.81. The average Bonchev–Trinajstić information content (AvgIpc) is 2.60. The van der Waals surface area contributed by atoms with Crippen molar-refractivity contribution in [2.24, 2.45) is 0 Å². The molecule has 0 aliphatic carbocycles. The van der Waals surface area contributed by atoms with E-state index in [1.165, 1.54) is 22.5 Å². The highest BCUT2D eigenvalue weighted by Crippen LogP contribution is 2.20. The number of fused-ring (bicyclic) bond motifs is 1. The molecule has 0 saturated carbocycles. The van der Waals surface area contributed by atoms with Crippen LogP contribution >= 0.6 is 0 Å². The van der Waals surface area contributed by atoms with Crippen LogP contribution in [0.5, 0.6) is 0 Å². The van der Waals surface area contributed by atoms with Gasteiger partial charge < -0.3 is 4.42 Å². The molecular formula is C17H16N2O5S. The summed E-state index contributed by atoms with van der Waals surface area (Å²) in [5.41, 5.74) is 0.214. The fourth-order valence-electron chi connectivity index (χ4n) is 2.54. The second kappa shape index (κ2) is 6.66. The Bertz CT molecular complexity index is 1120. The quantitative estimate of drug-likeness (QED) is 0.746. The molecule has 8 heteroatoms. The van der Waals surface area contributed by atoms with Gasteiger partial charge in [0.25, 0.3) is 0 Å². The fourth-order valence-corrected chi connectivity index (χ4v) is 4.00. The monoisotopic (exact) mass is 360 g/mol. The Balaban J connectivity index is 2.05. The number of hydrogen-bond acceptors (Lipinski definition) is 5. The van der Waals surface area contributed by atoms with Crippen molar-refractivity contribution >= 4 is 20.9 Å². The third-order valence-corrected chi connectivity index (χ3v) is 5.74. The number of nitrogens with zero attached hydrogens (tertiary/aromatic N) is 1. The maximum Gasteiger partial charge on any atom is 0.419 e. The molecule has 0 spiro atoms. The highest BCUT2D eigenvalue weighted by molar-refractivity contribution is 7.89. The van der Waals surface area contributed by atoms with E-state index >= 15 is 0 Å². The summed E-state index contributed by atoms with van der Waals surface area (Å²) >= 11 is 0. The molecule has 2 aromatic carbocycles. The van der Waals surface area contributed by atoms with Crippen LogP contribution in [0.15, 0.2) is 67.4 Å². The van der Waals surface area contributed by atoms with E-state index in [1.807, 2.05) is 30.3 Å². The summed E-state index contributed by atoms with van der Waals surface area (Å²) in [6.45, 7) is 2.24. The highest BCUT2D eigenvalue weighted by Gasteiger charge is 2.24. The number of sulfonamides is 1. The smallest absolute Gasteiger partial charge is 0.372 e. The van der Waals surface area contributed by atoms with E-state index in [9.17, 15) is 18.0 Å². The van der Waals surface area contributed by atoms with Gasteiger partial charge in [-0.15, -0.1) is 0 Å². The first-order chi connectivity index (χ1) is 11.9. The highest BCUT2D eigenvalue weighted by atomic mass is 32.2. The van der Waals surface area contributed by atoms with Gasteiger partial charge in [0.2, 0.25) is 10.0 Å². The van der Waals surface area contributed by atoms with Crippen molar-refractivity contribution in [2.45, 2.75) is 18.4 Å². The molecule has 25 heavy (non-hydrogen) atoms.